The lowest BCUT2D eigenvalue weighted by Crippen LogP contribution is -2.43. The number of carbonyl (C=O) groups excluding carboxylic acids is 2. The van der Waals surface area contributed by atoms with Crippen molar-refractivity contribution in [1.29, 1.82) is 0 Å². The molecular formula is C24H29ClN2O5S. The molecule has 2 aromatic rings. The summed E-state index contributed by atoms with van der Waals surface area (Å²) in [7, 11) is -1.93. The van der Waals surface area contributed by atoms with Gasteiger partial charge in [-0.2, -0.15) is 4.31 Å². The second kappa shape index (κ2) is 10.7. The van der Waals surface area contributed by atoms with E-state index in [9.17, 15) is 18.0 Å². The van der Waals surface area contributed by atoms with Gasteiger partial charge in [0.1, 0.15) is 0 Å². The van der Waals surface area contributed by atoms with Crippen LogP contribution in [0.5, 0.6) is 0 Å². The fraction of sp³-hybridized carbons (Fsp3) is 0.417. The maximum Gasteiger partial charge on any atom is 0.338 e. The smallest absolute Gasteiger partial charge is 0.338 e. The highest BCUT2D eigenvalue weighted by Gasteiger charge is 2.34. The van der Waals surface area contributed by atoms with Crippen LogP contribution in [0, 0.1) is 5.92 Å². The number of nitrogens with zero attached hydrogens (tertiary/aromatic N) is 2. The molecule has 9 heteroatoms. The highest BCUT2D eigenvalue weighted by Crippen LogP contribution is 2.28. The van der Waals surface area contributed by atoms with E-state index < -0.39 is 16.0 Å². The number of rotatable bonds is 7. The lowest BCUT2D eigenvalue weighted by atomic mass is 9.95. The number of piperidine rings is 1. The molecule has 1 heterocycles. The van der Waals surface area contributed by atoms with Crippen LogP contribution >= 0.6 is 11.6 Å². The maximum absolute atomic E-state index is 13.0. The molecule has 1 atom stereocenters. The van der Waals surface area contributed by atoms with Gasteiger partial charge in [0.25, 0.3) is 0 Å². The van der Waals surface area contributed by atoms with Gasteiger partial charge in [-0.15, -0.1) is 0 Å². The summed E-state index contributed by atoms with van der Waals surface area (Å²) in [6.07, 6.45) is 0.910. The molecule has 1 unspecified atom stereocenters. The third-order valence-electron chi connectivity index (χ3n) is 6.09. The molecule has 178 valence electrons. The van der Waals surface area contributed by atoms with E-state index >= 15 is 0 Å². The first-order valence-corrected chi connectivity index (χ1v) is 12.8. The van der Waals surface area contributed by atoms with E-state index in [-0.39, 0.29) is 42.5 Å². The van der Waals surface area contributed by atoms with Gasteiger partial charge in [-0.3, -0.25) is 4.79 Å². The Labute approximate surface area is 200 Å². The van der Waals surface area contributed by atoms with Gasteiger partial charge in [0.15, 0.2) is 0 Å². The molecule has 0 bridgehead atoms. The quantitative estimate of drug-likeness (QED) is 0.542. The summed E-state index contributed by atoms with van der Waals surface area (Å²) in [5.41, 5.74) is 1.29. The SMILES string of the molecule is CCOC(=O)c1ccc(S(=O)(=O)N2CCC(C(=O)N(C)C(C)c3ccc(Cl)cc3)CC2)cc1. The van der Waals surface area contributed by atoms with E-state index in [0.29, 0.717) is 23.4 Å². The summed E-state index contributed by atoms with van der Waals surface area (Å²) in [4.78, 5) is 26.7. The molecule has 1 amide bonds. The molecule has 1 aliphatic heterocycles. The number of carbonyl (C=O) groups is 2. The molecule has 3 rings (SSSR count). The Morgan fingerprint density at radius 3 is 2.21 bits per heavy atom. The zero-order chi connectivity index (χ0) is 24.2. The summed E-state index contributed by atoms with van der Waals surface area (Å²) in [6.45, 7) is 4.45. The number of hydrogen-bond acceptors (Lipinski definition) is 5. The summed E-state index contributed by atoms with van der Waals surface area (Å²) >= 11 is 5.95. The second-order valence-electron chi connectivity index (χ2n) is 8.10. The van der Waals surface area contributed by atoms with Crippen molar-refractivity contribution in [3.63, 3.8) is 0 Å². The van der Waals surface area contributed by atoms with Crippen molar-refractivity contribution in [2.45, 2.75) is 37.6 Å². The highest BCUT2D eigenvalue weighted by atomic mass is 35.5. The molecule has 0 saturated carbocycles. The predicted molar refractivity (Wildman–Crippen MR) is 127 cm³/mol. The second-order valence-corrected chi connectivity index (χ2v) is 10.5. The molecular weight excluding hydrogens is 464 g/mol. The van der Waals surface area contributed by atoms with Gasteiger partial charge in [-0.1, -0.05) is 23.7 Å². The average molecular weight is 493 g/mol. The zero-order valence-electron chi connectivity index (χ0n) is 19.0. The van der Waals surface area contributed by atoms with Crippen LogP contribution in [0.3, 0.4) is 0 Å². The van der Waals surface area contributed by atoms with Gasteiger partial charge >= 0.3 is 5.97 Å². The molecule has 0 spiro atoms. The third kappa shape index (κ3) is 5.75. The first-order valence-electron chi connectivity index (χ1n) is 10.9. The van der Waals surface area contributed by atoms with Gasteiger partial charge < -0.3 is 9.64 Å². The first-order chi connectivity index (χ1) is 15.6. The van der Waals surface area contributed by atoms with Crippen LogP contribution < -0.4 is 0 Å². The highest BCUT2D eigenvalue weighted by molar-refractivity contribution is 7.89. The molecule has 33 heavy (non-hydrogen) atoms. The topological polar surface area (TPSA) is 84.0 Å². The Morgan fingerprint density at radius 2 is 1.67 bits per heavy atom. The number of benzene rings is 2. The van der Waals surface area contributed by atoms with Gasteiger partial charge in [0, 0.05) is 31.1 Å². The molecule has 1 fully saturated rings. The fourth-order valence-corrected chi connectivity index (χ4v) is 5.51. The van der Waals surface area contributed by atoms with E-state index in [1.807, 2.05) is 19.1 Å². The minimum Gasteiger partial charge on any atom is -0.462 e. The molecule has 7 nitrogen and oxygen atoms in total. The van der Waals surface area contributed by atoms with Gasteiger partial charge in [0.2, 0.25) is 15.9 Å². The van der Waals surface area contributed by atoms with E-state index in [4.69, 9.17) is 16.3 Å². The minimum atomic E-state index is -3.71. The lowest BCUT2D eigenvalue weighted by Gasteiger charge is -2.34. The average Bonchev–Trinajstić information content (AvgIpc) is 2.83. The van der Waals surface area contributed by atoms with Gasteiger partial charge in [-0.25, -0.2) is 13.2 Å². The number of amides is 1. The van der Waals surface area contributed by atoms with Crippen LogP contribution in [0.2, 0.25) is 5.02 Å². The van der Waals surface area contributed by atoms with Crippen LogP contribution in [-0.4, -0.2) is 56.2 Å². The third-order valence-corrected chi connectivity index (χ3v) is 8.25. The van der Waals surface area contributed by atoms with E-state index in [1.165, 1.54) is 28.6 Å². The van der Waals surface area contributed by atoms with Crippen LogP contribution in [-0.2, 0) is 19.6 Å². The van der Waals surface area contributed by atoms with Crippen LogP contribution in [0.4, 0.5) is 0 Å². The van der Waals surface area contributed by atoms with Crippen molar-refractivity contribution < 1.29 is 22.7 Å². The Kier molecular flexibility index (Phi) is 8.15. The van der Waals surface area contributed by atoms with Gasteiger partial charge in [-0.05, 0) is 68.7 Å². The van der Waals surface area contributed by atoms with Crippen LogP contribution in [0.25, 0.3) is 0 Å². The number of halogens is 1. The number of sulfonamides is 1. The number of esters is 1. The van der Waals surface area contributed by atoms with Crippen molar-refractivity contribution in [2.24, 2.45) is 5.92 Å². The molecule has 0 aliphatic carbocycles. The largest absolute Gasteiger partial charge is 0.462 e. The molecule has 0 N–H and O–H groups in total. The maximum atomic E-state index is 13.0. The van der Waals surface area contributed by atoms with Crippen molar-refractivity contribution >= 4 is 33.5 Å². The molecule has 0 aromatic heterocycles. The fourth-order valence-electron chi connectivity index (χ4n) is 3.91. The lowest BCUT2D eigenvalue weighted by molar-refractivity contribution is -0.137. The molecule has 1 aliphatic rings. The van der Waals surface area contributed by atoms with Crippen molar-refractivity contribution in [2.75, 3.05) is 26.7 Å². The van der Waals surface area contributed by atoms with Crippen LogP contribution in [0.15, 0.2) is 53.4 Å². The summed E-state index contributed by atoms with van der Waals surface area (Å²) in [5, 5.41) is 0.643. The monoisotopic (exact) mass is 492 g/mol. The van der Waals surface area contributed by atoms with Crippen molar-refractivity contribution in [3.8, 4) is 0 Å². The summed E-state index contributed by atoms with van der Waals surface area (Å²) < 4.78 is 32.4. The van der Waals surface area contributed by atoms with E-state index in [2.05, 4.69) is 0 Å². The Bertz CT molecular complexity index is 1080. The standard InChI is InChI=1S/C24H29ClN2O5S/c1-4-32-24(29)20-7-11-22(12-8-20)33(30,31)27-15-13-19(14-16-27)23(28)26(3)17(2)18-5-9-21(25)10-6-18/h5-12,17,19H,4,13-16H2,1-3H3. The first kappa shape index (κ1) is 25.2. The summed E-state index contributed by atoms with van der Waals surface area (Å²) in [6, 6.07) is 13.0. The van der Waals surface area contributed by atoms with Gasteiger partial charge in [0.05, 0.1) is 23.1 Å². The minimum absolute atomic E-state index is 0.00767. The van der Waals surface area contributed by atoms with Crippen molar-refractivity contribution in [1.82, 2.24) is 9.21 Å². The Balaban J connectivity index is 1.61. The summed E-state index contributed by atoms with van der Waals surface area (Å²) in [5.74, 6) is -0.714. The Morgan fingerprint density at radius 1 is 1.09 bits per heavy atom. The van der Waals surface area contributed by atoms with Crippen LogP contribution in [0.1, 0.15) is 48.7 Å². The predicted octanol–water partition coefficient (Wildman–Crippen LogP) is 4.14. The molecule has 2 aromatic carbocycles. The Hall–Kier alpha value is -2.42. The zero-order valence-corrected chi connectivity index (χ0v) is 20.6. The van der Waals surface area contributed by atoms with Crippen molar-refractivity contribution in [3.05, 3.63) is 64.7 Å². The van der Waals surface area contributed by atoms with E-state index in [1.54, 1.807) is 31.0 Å². The molecule has 0 radical (unpaired) electrons. The normalized spacial score (nSPS) is 16.2. The molecule has 1 saturated heterocycles. The number of hydrogen-bond donors (Lipinski definition) is 0. The number of ether oxygens (including phenoxy) is 1. The van der Waals surface area contributed by atoms with E-state index in [0.717, 1.165) is 5.56 Å².